The first-order chi connectivity index (χ1) is 9.34. The molecule has 0 aliphatic heterocycles. The van der Waals surface area contributed by atoms with E-state index in [0.717, 1.165) is 0 Å². The van der Waals surface area contributed by atoms with Crippen molar-refractivity contribution in [2.75, 3.05) is 11.9 Å². The Hall–Kier alpha value is -1.76. The first-order valence-electron chi connectivity index (χ1n) is 7.22. The number of hydrogen-bond acceptors (Lipinski definition) is 1. The average molecular weight is 267 g/mol. The zero-order chi connectivity index (χ0) is 15.0. The van der Waals surface area contributed by atoms with Gasteiger partial charge in [-0.05, 0) is 74.9 Å². The molecule has 20 heavy (non-hydrogen) atoms. The van der Waals surface area contributed by atoms with Crippen LogP contribution in [0.4, 0.5) is 11.4 Å². The Labute approximate surface area is 123 Å². The number of anilines is 2. The molecule has 0 atom stereocenters. The van der Waals surface area contributed by atoms with E-state index in [4.69, 9.17) is 0 Å². The summed E-state index contributed by atoms with van der Waals surface area (Å²) in [5.41, 5.74) is 10.8. The van der Waals surface area contributed by atoms with Crippen LogP contribution in [0.1, 0.15) is 33.4 Å². The fraction of sp³-hybridized carbons (Fsp3) is 0.368. The molecule has 0 amide bonds. The van der Waals surface area contributed by atoms with Crippen LogP contribution in [0.2, 0.25) is 0 Å². The third-order valence-corrected chi connectivity index (χ3v) is 4.44. The minimum atomic E-state index is 1.32. The monoisotopic (exact) mass is 267 g/mol. The first-order valence-corrected chi connectivity index (χ1v) is 7.22. The van der Waals surface area contributed by atoms with Crippen molar-refractivity contribution in [3.8, 4) is 0 Å². The quantitative estimate of drug-likeness (QED) is 0.713. The molecule has 0 bridgehead atoms. The molecule has 0 saturated heterocycles. The van der Waals surface area contributed by atoms with E-state index < -0.39 is 0 Å². The van der Waals surface area contributed by atoms with Crippen molar-refractivity contribution in [1.82, 2.24) is 0 Å². The minimum Gasteiger partial charge on any atom is -0.344 e. The predicted molar refractivity (Wildman–Crippen MR) is 89.4 cm³/mol. The second kappa shape index (κ2) is 5.32. The first kappa shape index (κ1) is 14.6. The fourth-order valence-corrected chi connectivity index (χ4v) is 3.15. The summed E-state index contributed by atoms with van der Waals surface area (Å²) in [6, 6.07) is 8.79. The van der Waals surface area contributed by atoms with Crippen LogP contribution in [-0.4, -0.2) is 7.05 Å². The summed E-state index contributed by atoms with van der Waals surface area (Å²) >= 11 is 0. The van der Waals surface area contributed by atoms with Crippen molar-refractivity contribution in [3.05, 3.63) is 57.6 Å². The Bertz CT molecular complexity index is 607. The lowest BCUT2D eigenvalue weighted by Crippen LogP contribution is -2.16. The highest BCUT2D eigenvalue weighted by Crippen LogP contribution is 2.36. The summed E-state index contributed by atoms with van der Waals surface area (Å²) in [5, 5.41) is 0. The fourth-order valence-electron chi connectivity index (χ4n) is 3.15. The van der Waals surface area contributed by atoms with Gasteiger partial charge >= 0.3 is 0 Å². The smallest absolute Gasteiger partial charge is 0.0472 e. The molecule has 0 spiro atoms. The zero-order valence-electron chi connectivity index (χ0n) is 13.8. The summed E-state index contributed by atoms with van der Waals surface area (Å²) in [5.74, 6) is 0. The van der Waals surface area contributed by atoms with Crippen LogP contribution in [-0.2, 0) is 0 Å². The lowest BCUT2D eigenvalue weighted by atomic mass is 9.97. The molecule has 2 aromatic carbocycles. The van der Waals surface area contributed by atoms with Gasteiger partial charge in [-0.1, -0.05) is 24.3 Å². The van der Waals surface area contributed by atoms with E-state index in [1.807, 2.05) is 0 Å². The summed E-state index contributed by atoms with van der Waals surface area (Å²) in [7, 11) is 2.18. The molecule has 0 unspecified atom stereocenters. The van der Waals surface area contributed by atoms with Gasteiger partial charge in [-0.25, -0.2) is 0 Å². The van der Waals surface area contributed by atoms with Crippen LogP contribution in [0.15, 0.2) is 24.3 Å². The molecule has 1 nitrogen and oxygen atoms in total. The normalized spacial score (nSPS) is 10.8. The highest BCUT2D eigenvalue weighted by Gasteiger charge is 2.16. The van der Waals surface area contributed by atoms with E-state index in [2.05, 4.69) is 77.8 Å². The second-order valence-electron chi connectivity index (χ2n) is 5.91. The van der Waals surface area contributed by atoms with Gasteiger partial charge in [0.2, 0.25) is 0 Å². The second-order valence-corrected chi connectivity index (χ2v) is 5.91. The van der Waals surface area contributed by atoms with Gasteiger partial charge in [0.05, 0.1) is 0 Å². The van der Waals surface area contributed by atoms with Crippen molar-refractivity contribution in [1.29, 1.82) is 0 Å². The van der Waals surface area contributed by atoms with Crippen molar-refractivity contribution < 1.29 is 0 Å². The van der Waals surface area contributed by atoms with E-state index in [1.165, 1.54) is 44.8 Å². The van der Waals surface area contributed by atoms with E-state index in [0.29, 0.717) is 0 Å². The molecular formula is C19H25N. The maximum absolute atomic E-state index is 2.36. The zero-order valence-corrected chi connectivity index (χ0v) is 13.8. The lowest BCUT2D eigenvalue weighted by Gasteiger charge is -2.28. The van der Waals surface area contributed by atoms with Crippen molar-refractivity contribution in [3.63, 3.8) is 0 Å². The molecule has 2 rings (SSSR count). The van der Waals surface area contributed by atoms with E-state index >= 15 is 0 Å². The Kier molecular flexibility index (Phi) is 3.89. The highest BCUT2D eigenvalue weighted by atomic mass is 15.1. The van der Waals surface area contributed by atoms with Crippen LogP contribution in [0.5, 0.6) is 0 Å². The van der Waals surface area contributed by atoms with Gasteiger partial charge in [-0.3, -0.25) is 0 Å². The van der Waals surface area contributed by atoms with Crippen LogP contribution < -0.4 is 4.90 Å². The maximum atomic E-state index is 2.36. The number of rotatable bonds is 2. The average Bonchev–Trinajstić information content (AvgIpc) is 2.36. The van der Waals surface area contributed by atoms with Crippen molar-refractivity contribution in [2.24, 2.45) is 0 Å². The Morgan fingerprint density at radius 3 is 1.55 bits per heavy atom. The highest BCUT2D eigenvalue weighted by molar-refractivity contribution is 5.75. The van der Waals surface area contributed by atoms with Crippen LogP contribution in [0.3, 0.4) is 0 Å². The Morgan fingerprint density at radius 2 is 1.10 bits per heavy atom. The molecule has 1 heteroatoms. The Balaban J connectivity index is 2.69. The molecule has 0 aliphatic rings. The summed E-state index contributed by atoms with van der Waals surface area (Å²) in [6.07, 6.45) is 0. The van der Waals surface area contributed by atoms with Gasteiger partial charge < -0.3 is 4.90 Å². The molecular weight excluding hydrogens is 242 g/mol. The lowest BCUT2D eigenvalue weighted by molar-refractivity contribution is 1.10. The van der Waals surface area contributed by atoms with Crippen LogP contribution in [0.25, 0.3) is 0 Å². The van der Waals surface area contributed by atoms with Crippen LogP contribution in [0, 0.1) is 41.5 Å². The third-order valence-electron chi connectivity index (χ3n) is 4.44. The molecule has 0 fully saturated rings. The van der Waals surface area contributed by atoms with E-state index in [1.54, 1.807) is 0 Å². The number of para-hydroxylation sites is 1. The molecule has 106 valence electrons. The molecule has 0 aromatic heterocycles. The topological polar surface area (TPSA) is 3.24 Å². The number of hydrogen-bond donors (Lipinski definition) is 0. The largest absolute Gasteiger partial charge is 0.344 e. The minimum absolute atomic E-state index is 1.32. The molecule has 0 radical (unpaired) electrons. The summed E-state index contributed by atoms with van der Waals surface area (Å²) in [6.45, 7) is 13.2. The Morgan fingerprint density at radius 1 is 0.650 bits per heavy atom. The number of benzene rings is 2. The molecule has 0 aliphatic carbocycles. The van der Waals surface area contributed by atoms with Gasteiger partial charge in [-0.2, -0.15) is 0 Å². The number of nitrogens with zero attached hydrogens (tertiary/aromatic N) is 1. The summed E-state index contributed by atoms with van der Waals surface area (Å²) < 4.78 is 0. The predicted octanol–water partition coefficient (Wildman–Crippen LogP) is 5.31. The van der Waals surface area contributed by atoms with Crippen molar-refractivity contribution in [2.45, 2.75) is 41.5 Å². The SMILES string of the molecule is Cc1cc(C)c(C)c(N(C)c2c(C)cccc2C)c1C. The van der Waals surface area contributed by atoms with E-state index in [-0.39, 0.29) is 0 Å². The van der Waals surface area contributed by atoms with Gasteiger partial charge in [-0.15, -0.1) is 0 Å². The molecule has 0 heterocycles. The van der Waals surface area contributed by atoms with E-state index in [9.17, 15) is 0 Å². The summed E-state index contributed by atoms with van der Waals surface area (Å²) in [4.78, 5) is 2.36. The van der Waals surface area contributed by atoms with Gasteiger partial charge in [0.15, 0.2) is 0 Å². The van der Waals surface area contributed by atoms with Gasteiger partial charge in [0.25, 0.3) is 0 Å². The molecule has 0 N–H and O–H groups in total. The number of aryl methyl sites for hydroxylation is 4. The molecule has 0 saturated carbocycles. The van der Waals surface area contributed by atoms with Crippen molar-refractivity contribution >= 4 is 11.4 Å². The van der Waals surface area contributed by atoms with Gasteiger partial charge in [0.1, 0.15) is 0 Å². The maximum Gasteiger partial charge on any atom is 0.0472 e. The van der Waals surface area contributed by atoms with Crippen LogP contribution >= 0.6 is 0 Å². The third kappa shape index (κ3) is 2.33. The van der Waals surface area contributed by atoms with Gasteiger partial charge in [0, 0.05) is 18.4 Å². The molecule has 2 aromatic rings. The standard InChI is InChI=1S/C19H25N/c1-12-9-8-10-13(2)18(12)20(7)19-16(5)14(3)11-15(4)17(19)6/h8-11H,1-7H3.